The average Bonchev–Trinajstić information content (AvgIpc) is 3.39. The molecule has 1 nitrogen and oxygen atoms in total. The van der Waals surface area contributed by atoms with Gasteiger partial charge in [-0.25, -0.2) is 0 Å². The maximum absolute atomic E-state index is 5.89. The Morgan fingerprint density at radius 1 is 0.632 bits per heavy atom. The van der Waals surface area contributed by atoms with Crippen LogP contribution in [0.2, 0.25) is 0 Å². The first kappa shape index (κ1) is 34.1. The predicted molar refractivity (Wildman–Crippen MR) is 169 cm³/mol. The predicted octanol–water partition coefficient (Wildman–Crippen LogP) is 12.2. The van der Waals surface area contributed by atoms with Crippen LogP contribution in [0.3, 0.4) is 0 Å². The summed E-state index contributed by atoms with van der Waals surface area (Å²) in [6, 6.07) is 0. The van der Waals surface area contributed by atoms with E-state index < -0.39 is 7.05 Å². The van der Waals surface area contributed by atoms with Gasteiger partial charge in [0.2, 0.25) is 0 Å². The molecule has 0 aromatic carbocycles. The number of hydrogen-bond donors (Lipinski definition) is 0. The van der Waals surface area contributed by atoms with Crippen LogP contribution in [0.15, 0.2) is 53.0 Å². The quantitative estimate of drug-likeness (QED) is 0.176. The van der Waals surface area contributed by atoms with E-state index in [-0.39, 0.29) is 21.7 Å². The molecule has 4 aliphatic rings. The van der Waals surface area contributed by atoms with Gasteiger partial charge in [0.15, 0.2) is 0 Å². The van der Waals surface area contributed by atoms with Crippen LogP contribution in [0.4, 0.5) is 0 Å². The Kier molecular flexibility index (Phi) is 14.7. The summed E-state index contributed by atoms with van der Waals surface area (Å²) in [4.78, 5) is 0. The van der Waals surface area contributed by atoms with E-state index in [2.05, 4.69) is 84.1 Å². The Morgan fingerprint density at radius 3 is 1.29 bits per heavy atom. The molecule has 4 aliphatic carbocycles. The summed E-state index contributed by atoms with van der Waals surface area (Å²) in [6.45, 7) is 13.2. The molecule has 214 valence electrons. The van der Waals surface area contributed by atoms with Crippen molar-refractivity contribution in [1.82, 2.24) is 0 Å². The molecule has 0 aromatic rings. The normalized spacial score (nSPS) is 22.7. The first-order valence-electron chi connectivity index (χ1n) is 15.9. The average molecular weight is 574 g/mol. The third-order valence-corrected chi connectivity index (χ3v) is 14.5. The number of nitrogens with zero attached hydrogens (tertiary/aromatic N) is 1. The summed E-state index contributed by atoms with van der Waals surface area (Å²) in [7, 11) is -1.25. The van der Waals surface area contributed by atoms with Crippen LogP contribution in [-0.4, -0.2) is 17.0 Å². The molecule has 0 N–H and O–H groups in total. The summed E-state index contributed by atoms with van der Waals surface area (Å²) >= 11 is 0. The topological polar surface area (TPSA) is 12.4 Å². The second kappa shape index (κ2) is 16.4. The molecular weight excluding hydrogens is 513 g/mol. The van der Waals surface area contributed by atoms with Crippen LogP contribution >= 0.6 is 7.05 Å². The van der Waals surface area contributed by atoms with Crippen LogP contribution in [0, 0.1) is 10.8 Å². The summed E-state index contributed by atoms with van der Waals surface area (Å²) < 4.78 is 5.89. The van der Waals surface area contributed by atoms with Gasteiger partial charge >= 0.3 is 0 Å². The van der Waals surface area contributed by atoms with Crippen LogP contribution in [0.25, 0.3) is 0 Å². The minimum atomic E-state index is -1.25. The largest absolute Gasteiger partial charge is 0.271 e. The minimum Gasteiger partial charge on any atom is -0.271 e. The van der Waals surface area contributed by atoms with Gasteiger partial charge in [0.1, 0.15) is 0 Å². The molecule has 0 amide bonds. The molecule has 3 saturated carbocycles. The molecule has 0 radical (unpaired) electrons. The van der Waals surface area contributed by atoms with Crippen LogP contribution in [0.5, 0.6) is 0 Å². The van der Waals surface area contributed by atoms with Crippen molar-refractivity contribution in [3.8, 4) is 0 Å². The first-order chi connectivity index (χ1) is 17.6. The van der Waals surface area contributed by atoms with E-state index in [4.69, 9.17) is 4.74 Å². The summed E-state index contributed by atoms with van der Waals surface area (Å²) in [5, 5.41) is 0. The monoisotopic (exact) mass is 573 g/mol. The van der Waals surface area contributed by atoms with Gasteiger partial charge in [-0.3, -0.25) is 4.74 Å². The minimum absolute atomic E-state index is 0. The number of rotatable bonds is 5. The van der Waals surface area contributed by atoms with Gasteiger partial charge in [0.05, 0.1) is 0 Å². The molecule has 4 rings (SSSR count). The third kappa shape index (κ3) is 11.1. The Bertz CT molecular complexity index is 771. The van der Waals surface area contributed by atoms with Crippen LogP contribution in [0.1, 0.15) is 144 Å². The zero-order valence-electron chi connectivity index (χ0n) is 26.0. The molecule has 0 saturated heterocycles. The molecular formula is C35H60NPTi. The molecule has 0 spiro atoms. The molecule has 0 atom stereocenters. The van der Waals surface area contributed by atoms with Crippen molar-refractivity contribution < 1.29 is 21.7 Å². The first-order valence-corrected chi connectivity index (χ1v) is 17.9. The second-order valence-corrected chi connectivity index (χ2v) is 18.5. The van der Waals surface area contributed by atoms with Gasteiger partial charge in [-0.15, -0.1) is 0 Å². The van der Waals surface area contributed by atoms with Crippen LogP contribution in [-0.2, 0) is 21.7 Å². The number of hydrogen-bond acceptors (Lipinski definition) is 1. The van der Waals surface area contributed by atoms with Crippen molar-refractivity contribution >= 4 is 7.05 Å². The smallest absolute Gasteiger partial charge is 0.0425 e. The maximum atomic E-state index is 5.89. The standard InChI is InChI=1S/C23H38NP.C12H22.Ti/c1-4-14-21(15-5-1)25(22-16-6-2-7-17-22,23-18-8-3-9-19-23)24-20-12-10-11-13-20;1-11(2,3)9-7-8-10-12(4,5)6;/h10-12,21-23H,1-9,13-19H2;7-10H,1-6H3;. The van der Waals surface area contributed by atoms with Gasteiger partial charge in [-0.05, 0) is 79.5 Å². The van der Waals surface area contributed by atoms with E-state index in [9.17, 15) is 0 Å². The van der Waals surface area contributed by atoms with Crippen molar-refractivity contribution in [2.24, 2.45) is 15.6 Å². The molecule has 0 unspecified atom stereocenters. The van der Waals surface area contributed by atoms with E-state index in [1.54, 1.807) is 0 Å². The molecule has 3 fully saturated rings. The fourth-order valence-corrected chi connectivity index (χ4v) is 13.5. The van der Waals surface area contributed by atoms with Crippen molar-refractivity contribution in [1.29, 1.82) is 0 Å². The van der Waals surface area contributed by atoms with E-state index in [1.165, 1.54) is 102 Å². The molecule has 0 aliphatic heterocycles. The fourth-order valence-electron chi connectivity index (χ4n) is 7.04. The maximum Gasteiger partial charge on any atom is 0.0425 e. The molecule has 0 bridgehead atoms. The SMILES string of the molecule is C1=CCC(N=P(C2CCCCC2)(C2CCCCC2)C2CCCCC2)=C1.CC(C)(C)C=CC=CC(C)(C)C.[Ti]. The molecule has 3 heteroatoms. The van der Waals surface area contributed by atoms with Gasteiger partial charge in [-0.1, -0.05) is 136 Å². The van der Waals surface area contributed by atoms with Crippen molar-refractivity contribution in [3.05, 3.63) is 48.2 Å². The molecule has 0 aromatic heterocycles. The van der Waals surface area contributed by atoms with E-state index in [1.807, 2.05) is 0 Å². The Hall–Kier alpha value is -0.0957. The van der Waals surface area contributed by atoms with Crippen molar-refractivity contribution in [2.45, 2.75) is 161 Å². The van der Waals surface area contributed by atoms with Crippen molar-refractivity contribution in [2.75, 3.05) is 0 Å². The summed E-state index contributed by atoms with van der Waals surface area (Å²) in [5.74, 6) is 0. The molecule has 38 heavy (non-hydrogen) atoms. The zero-order chi connectivity index (χ0) is 26.8. The van der Waals surface area contributed by atoms with Gasteiger partial charge in [-0.2, -0.15) is 0 Å². The Balaban J connectivity index is 0.000000335. The molecule has 0 heterocycles. The second-order valence-electron chi connectivity index (χ2n) is 14.5. The third-order valence-electron chi connectivity index (χ3n) is 8.84. The summed E-state index contributed by atoms with van der Waals surface area (Å²) in [6.07, 6.45) is 39.1. The van der Waals surface area contributed by atoms with Crippen LogP contribution < -0.4 is 0 Å². The van der Waals surface area contributed by atoms with Gasteiger partial charge < -0.3 is 0 Å². The van der Waals surface area contributed by atoms with Gasteiger partial charge in [0.25, 0.3) is 0 Å². The van der Waals surface area contributed by atoms with Crippen molar-refractivity contribution in [3.63, 3.8) is 0 Å². The Labute approximate surface area is 252 Å². The van der Waals surface area contributed by atoms with E-state index in [0.29, 0.717) is 10.8 Å². The summed E-state index contributed by atoms with van der Waals surface area (Å²) in [5.41, 5.74) is 4.98. The fraction of sp³-hybridized carbons (Fsp3) is 0.771. The zero-order valence-corrected chi connectivity index (χ0v) is 28.4. The van der Waals surface area contributed by atoms with E-state index in [0.717, 1.165) is 23.4 Å². The Morgan fingerprint density at radius 2 is 1.00 bits per heavy atom. The van der Waals surface area contributed by atoms with E-state index >= 15 is 0 Å². The van der Waals surface area contributed by atoms with Gasteiger partial charge in [0, 0.05) is 33.8 Å². The number of allylic oxidation sites excluding steroid dienone is 7.